The molecule has 0 unspecified atom stereocenters. The SMILES string of the molecule is COc1ccc(NC(=S)NNC(=O)c2ccc3ccccc3n2)c(C)c1. The highest BCUT2D eigenvalue weighted by Gasteiger charge is 2.09. The Labute approximate surface area is 156 Å². The van der Waals surface area contributed by atoms with Crippen LogP contribution in [0.3, 0.4) is 0 Å². The number of carbonyl (C=O) groups excluding carboxylic acids is 1. The van der Waals surface area contributed by atoms with Crippen molar-refractivity contribution in [2.24, 2.45) is 0 Å². The summed E-state index contributed by atoms with van der Waals surface area (Å²) in [6.07, 6.45) is 0. The van der Waals surface area contributed by atoms with Crippen molar-refractivity contribution in [3.05, 3.63) is 65.9 Å². The Hall–Kier alpha value is -3.19. The van der Waals surface area contributed by atoms with Crippen molar-refractivity contribution in [2.75, 3.05) is 12.4 Å². The summed E-state index contributed by atoms with van der Waals surface area (Å²) in [6.45, 7) is 1.94. The van der Waals surface area contributed by atoms with E-state index in [-0.39, 0.29) is 11.0 Å². The molecule has 26 heavy (non-hydrogen) atoms. The summed E-state index contributed by atoms with van der Waals surface area (Å²) >= 11 is 5.21. The number of nitrogens with one attached hydrogen (secondary N) is 3. The van der Waals surface area contributed by atoms with Gasteiger partial charge in [0.1, 0.15) is 11.4 Å². The van der Waals surface area contributed by atoms with Gasteiger partial charge in [0.15, 0.2) is 5.11 Å². The zero-order valence-electron chi connectivity index (χ0n) is 14.4. The van der Waals surface area contributed by atoms with E-state index in [9.17, 15) is 4.79 Å². The number of aromatic nitrogens is 1. The maximum Gasteiger partial charge on any atom is 0.288 e. The number of nitrogens with zero attached hydrogens (tertiary/aromatic N) is 1. The normalized spacial score (nSPS) is 10.2. The monoisotopic (exact) mass is 366 g/mol. The molecule has 132 valence electrons. The van der Waals surface area contributed by atoms with Crippen LogP contribution in [0.4, 0.5) is 5.69 Å². The van der Waals surface area contributed by atoms with E-state index in [2.05, 4.69) is 21.2 Å². The lowest BCUT2D eigenvalue weighted by Gasteiger charge is -2.14. The average Bonchev–Trinajstić information content (AvgIpc) is 2.67. The van der Waals surface area contributed by atoms with Crippen LogP contribution < -0.4 is 20.9 Å². The van der Waals surface area contributed by atoms with Gasteiger partial charge in [0, 0.05) is 11.1 Å². The van der Waals surface area contributed by atoms with Gasteiger partial charge in [0.05, 0.1) is 12.6 Å². The molecule has 0 fully saturated rings. The number of methoxy groups -OCH3 is 1. The minimum absolute atomic E-state index is 0.271. The van der Waals surface area contributed by atoms with Crippen molar-refractivity contribution in [2.45, 2.75) is 6.92 Å². The minimum atomic E-state index is -0.369. The Morgan fingerprint density at radius 3 is 2.65 bits per heavy atom. The summed E-state index contributed by atoms with van der Waals surface area (Å²) in [5.41, 5.74) is 8.08. The molecule has 3 N–H and O–H groups in total. The van der Waals surface area contributed by atoms with Gasteiger partial charge in [-0.3, -0.25) is 15.6 Å². The van der Waals surface area contributed by atoms with Crippen LogP contribution in [0.25, 0.3) is 10.9 Å². The Morgan fingerprint density at radius 2 is 1.88 bits per heavy atom. The number of hydrogen-bond acceptors (Lipinski definition) is 4. The molecule has 0 aliphatic rings. The van der Waals surface area contributed by atoms with Gasteiger partial charge in [-0.05, 0) is 55.0 Å². The third kappa shape index (κ3) is 4.07. The van der Waals surface area contributed by atoms with Gasteiger partial charge in [-0.2, -0.15) is 0 Å². The van der Waals surface area contributed by atoms with Crippen molar-refractivity contribution in [3.63, 3.8) is 0 Å². The zero-order chi connectivity index (χ0) is 18.5. The second-order valence-electron chi connectivity index (χ2n) is 5.60. The standard InChI is InChI=1S/C19H18N4O2S/c1-12-11-14(25-2)8-10-15(12)21-19(26)23-22-18(24)17-9-7-13-5-3-4-6-16(13)20-17/h3-11H,1-2H3,(H,22,24)(H2,21,23,26). The molecule has 3 rings (SSSR count). The summed E-state index contributed by atoms with van der Waals surface area (Å²) in [6, 6.07) is 16.7. The first kappa shape index (κ1) is 17.6. The van der Waals surface area contributed by atoms with Gasteiger partial charge in [-0.25, -0.2) is 4.98 Å². The van der Waals surface area contributed by atoms with Crippen molar-refractivity contribution < 1.29 is 9.53 Å². The van der Waals surface area contributed by atoms with E-state index in [0.717, 1.165) is 27.9 Å². The van der Waals surface area contributed by atoms with Crippen LogP contribution in [0.5, 0.6) is 5.75 Å². The molecule has 3 aromatic rings. The number of aryl methyl sites for hydroxylation is 1. The number of benzene rings is 2. The van der Waals surface area contributed by atoms with E-state index in [0.29, 0.717) is 5.69 Å². The molecule has 0 radical (unpaired) electrons. The summed E-state index contributed by atoms with van der Waals surface area (Å²) < 4.78 is 5.17. The number of rotatable bonds is 3. The van der Waals surface area contributed by atoms with Crippen LogP contribution in [-0.4, -0.2) is 23.1 Å². The predicted molar refractivity (Wildman–Crippen MR) is 106 cm³/mol. The number of pyridine rings is 1. The second-order valence-corrected chi connectivity index (χ2v) is 6.01. The van der Waals surface area contributed by atoms with E-state index in [4.69, 9.17) is 17.0 Å². The van der Waals surface area contributed by atoms with E-state index in [1.54, 1.807) is 13.2 Å². The lowest BCUT2D eigenvalue weighted by atomic mass is 10.2. The zero-order valence-corrected chi connectivity index (χ0v) is 15.2. The molecule has 0 saturated carbocycles. The quantitative estimate of drug-likeness (QED) is 0.488. The Kier molecular flexibility index (Phi) is 5.28. The highest BCUT2D eigenvalue weighted by Crippen LogP contribution is 2.20. The third-order valence-corrected chi connectivity index (χ3v) is 4.01. The number of ether oxygens (including phenoxy) is 1. The topological polar surface area (TPSA) is 75.3 Å². The van der Waals surface area contributed by atoms with Gasteiger partial charge < -0.3 is 10.1 Å². The molecule has 1 amide bonds. The molecule has 7 heteroatoms. The van der Waals surface area contributed by atoms with Gasteiger partial charge in [-0.15, -0.1) is 0 Å². The lowest BCUT2D eigenvalue weighted by molar-refractivity contribution is 0.0939. The number of hydrogen-bond donors (Lipinski definition) is 3. The maximum atomic E-state index is 12.3. The number of thiocarbonyl (C=S) groups is 1. The fourth-order valence-corrected chi connectivity index (χ4v) is 2.59. The minimum Gasteiger partial charge on any atom is -0.497 e. The molecule has 0 aliphatic carbocycles. The van der Waals surface area contributed by atoms with Crippen molar-refractivity contribution in [3.8, 4) is 5.75 Å². The fraction of sp³-hybridized carbons (Fsp3) is 0.105. The Morgan fingerprint density at radius 1 is 1.08 bits per heavy atom. The predicted octanol–water partition coefficient (Wildman–Crippen LogP) is 3.18. The first-order chi connectivity index (χ1) is 12.6. The van der Waals surface area contributed by atoms with E-state index in [1.165, 1.54) is 0 Å². The van der Waals surface area contributed by atoms with Crippen LogP contribution in [0, 0.1) is 6.92 Å². The fourth-order valence-electron chi connectivity index (χ4n) is 2.43. The number of amides is 1. The van der Waals surface area contributed by atoms with E-state index in [1.807, 2.05) is 55.5 Å². The average molecular weight is 366 g/mol. The summed E-state index contributed by atoms with van der Waals surface area (Å²) in [4.78, 5) is 16.6. The first-order valence-electron chi connectivity index (χ1n) is 7.94. The van der Waals surface area contributed by atoms with Gasteiger partial charge >= 0.3 is 0 Å². The molecule has 0 saturated heterocycles. The van der Waals surface area contributed by atoms with Crippen LogP contribution >= 0.6 is 12.2 Å². The van der Waals surface area contributed by atoms with Crippen LogP contribution in [0.15, 0.2) is 54.6 Å². The van der Waals surface area contributed by atoms with Crippen molar-refractivity contribution in [1.82, 2.24) is 15.8 Å². The van der Waals surface area contributed by atoms with Crippen LogP contribution in [0.1, 0.15) is 16.1 Å². The van der Waals surface area contributed by atoms with Gasteiger partial charge in [0.25, 0.3) is 5.91 Å². The van der Waals surface area contributed by atoms with Gasteiger partial charge in [0.2, 0.25) is 0 Å². The Bertz CT molecular complexity index is 975. The largest absolute Gasteiger partial charge is 0.497 e. The molecular formula is C19H18N4O2S. The number of anilines is 1. The highest BCUT2D eigenvalue weighted by molar-refractivity contribution is 7.80. The second kappa shape index (κ2) is 7.79. The molecule has 0 aliphatic heterocycles. The third-order valence-electron chi connectivity index (χ3n) is 3.80. The van der Waals surface area contributed by atoms with Crippen molar-refractivity contribution in [1.29, 1.82) is 0 Å². The van der Waals surface area contributed by atoms with Crippen LogP contribution in [0.2, 0.25) is 0 Å². The smallest absolute Gasteiger partial charge is 0.288 e. The van der Waals surface area contributed by atoms with Gasteiger partial charge in [-0.1, -0.05) is 24.3 Å². The molecule has 0 bridgehead atoms. The van der Waals surface area contributed by atoms with E-state index >= 15 is 0 Å². The molecular weight excluding hydrogens is 348 g/mol. The summed E-state index contributed by atoms with van der Waals surface area (Å²) in [5.74, 6) is 0.397. The highest BCUT2D eigenvalue weighted by atomic mass is 32.1. The van der Waals surface area contributed by atoms with E-state index < -0.39 is 0 Å². The number of para-hydroxylation sites is 1. The number of hydrazine groups is 1. The molecule has 1 heterocycles. The molecule has 2 aromatic carbocycles. The summed E-state index contributed by atoms with van der Waals surface area (Å²) in [7, 11) is 1.62. The maximum absolute atomic E-state index is 12.3. The molecule has 0 spiro atoms. The van der Waals surface area contributed by atoms with Crippen molar-refractivity contribution >= 4 is 39.8 Å². The summed E-state index contributed by atoms with van der Waals surface area (Å²) in [5, 5.41) is 4.27. The molecule has 0 atom stereocenters. The number of carbonyl (C=O) groups is 1. The van der Waals surface area contributed by atoms with Crippen LogP contribution in [-0.2, 0) is 0 Å². The lowest BCUT2D eigenvalue weighted by Crippen LogP contribution is -2.44. The molecule has 1 aromatic heterocycles. The molecule has 6 nitrogen and oxygen atoms in total. The first-order valence-corrected chi connectivity index (χ1v) is 8.35. The Balaban J connectivity index is 1.60. The number of fused-ring (bicyclic) bond motifs is 1.